The van der Waals surface area contributed by atoms with Gasteiger partial charge in [0.05, 0.1) is 11.7 Å². The number of hydrogen-bond donors (Lipinski definition) is 2. The zero-order chi connectivity index (χ0) is 13.8. The van der Waals surface area contributed by atoms with Gasteiger partial charge in [0.2, 0.25) is 5.91 Å². The monoisotopic (exact) mass is 277 g/mol. The van der Waals surface area contributed by atoms with Crippen molar-refractivity contribution in [1.82, 2.24) is 5.32 Å². The molecule has 0 heterocycles. The van der Waals surface area contributed by atoms with Crippen molar-refractivity contribution in [3.05, 3.63) is 0 Å². The van der Waals surface area contributed by atoms with Crippen LogP contribution >= 0.6 is 0 Å². The van der Waals surface area contributed by atoms with Crippen LogP contribution in [0.15, 0.2) is 0 Å². The molecule has 6 nitrogen and oxygen atoms in total. The Hall–Kier alpha value is -1.11. The lowest BCUT2D eigenvalue weighted by Crippen LogP contribution is -2.37. The fourth-order valence-electron chi connectivity index (χ4n) is 2.19. The summed E-state index contributed by atoms with van der Waals surface area (Å²) in [6.07, 6.45) is 1.99. The second-order valence-electron chi connectivity index (χ2n) is 4.70. The molecular formula is C11H19NO5S. The number of nitrogens with one attached hydrogen (secondary N) is 1. The number of carboxylic acid groups (broad SMARTS) is 1. The number of carbonyl (C=O) groups is 2. The van der Waals surface area contributed by atoms with Gasteiger partial charge in [-0.25, -0.2) is 8.42 Å². The average Bonchev–Trinajstić information content (AvgIpc) is 2.64. The molecular weight excluding hydrogens is 258 g/mol. The molecule has 18 heavy (non-hydrogen) atoms. The predicted molar refractivity (Wildman–Crippen MR) is 65.9 cm³/mol. The lowest BCUT2D eigenvalue weighted by atomic mass is 10.1. The Morgan fingerprint density at radius 3 is 2.50 bits per heavy atom. The molecule has 0 aliphatic heterocycles. The number of carbonyl (C=O) groups excluding carboxylic acids is 1. The number of amides is 1. The first-order chi connectivity index (χ1) is 8.34. The van der Waals surface area contributed by atoms with E-state index in [0.29, 0.717) is 25.7 Å². The van der Waals surface area contributed by atoms with Crippen molar-refractivity contribution in [3.63, 3.8) is 0 Å². The fraction of sp³-hybridized carbons (Fsp3) is 0.818. The minimum atomic E-state index is -3.33. The van der Waals surface area contributed by atoms with Crippen LogP contribution in [0.25, 0.3) is 0 Å². The Bertz CT molecular complexity index is 417. The molecule has 1 saturated carbocycles. The molecule has 0 saturated heterocycles. The molecule has 2 N–H and O–H groups in total. The minimum absolute atomic E-state index is 0.00282. The number of carboxylic acids is 1. The van der Waals surface area contributed by atoms with Crippen molar-refractivity contribution in [2.75, 3.05) is 11.5 Å². The first-order valence-electron chi connectivity index (χ1n) is 6.06. The van der Waals surface area contributed by atoms with Crippen LogP contribution in [0.1, 0.15) is 32.6 Å². The smallest absolute Gasteiger partial charge is 0.306 e. The zero-order valence-electron chi connectivity index (χ0n) is 10.4. The molecule has 0 aromatic heterocycles. The van der Waals surface area contributed by atoms with Crippen LogP contribution < -0.4 is 5.32 Å². The van der Waals surface area contributed by atoms with Gasteiger partial charge < -0.3 is 10.4 Å². The lowest BCUT2D eigenvalue weighted by molar-refractivity contribution is -0.141. The largest absolute Gasteiger partial charge is 0.481 e. The summed E-state index contributed by atoms with van der Waals surface area (Å²) in [6, 6.07) is -0.213. The second kappa shape index (κ2) is 6.17. The van der Waals surface area contributed by atoms with Crippen molar-refractivity contribution >= 4 is 21.7 Å². The fourth-order valence-corrected chi connectivity index (χ4v) is 3.44. The number of sulfone groups is 1. The molecule has 0 bridgehead atoms. The topological polar surface area (TPSA) is 101 Å². The van der Waals surface area contributed by atoms with Gasteiger partial charge in [-0.1, -0.05) is 6.92 Å². The van der Waals surface area contributed by atoms with E-state index in [-0.39, 0.29) is 11.8 Å². The van der Waals surface area contributed by atoms with Crippen molar-refractivity contribution < 1.29 is 23.1 Å². The minimum Gasteiger partial charge on any atom is -0.481 e. The van der Waals surface area contributed by atoms with Crippen molar-refractivity contribution in [2.45, 2.75) is 38.6 Å². The highest BCUT2D eigenvalue weighted by molar-refractivity contribution is 7.92. The molecule has 7 heteroatoms. The summed E-state index contributed by atoms with van der Waals surface area (Å²) in [5, 5.41) is 11.4. The first-order valence-corrected chi connectivity index (χ1v) is 7.88. The first kappa shape index (κ1) is 14.9. The third-order valence-electron chi connectivity index (χ3n) is 3.01. The van der Waals surface area contributed by atoms with E-state index in [4.69, 9.17) is 5.11 Å². The molecule has 0 aromatic rings. The lowest BCUT2D eigenvalue weighted by Gasteiger charge is -2.12. The Balaban J connectivity index is 2.40. The highest BCUT2D eigenvalue weighted by Gasteiger charge is 2.31. The maximum Gasteiger partial charge on any atom is 0.306 e. The zero-order valence-corrected chi connectivity index (χ0v) is 11.2. The number of hydrogen-bond acceptors (Lipinski definition) is 4. The third kappa shape index (κ3) is 4.64. The SMILES string of the molecule is CCCS(=O)(=O)CC(=O)N[C@H]1CC[C@@H](C(=O)O)C1. The van der Waals surface area contributed by atoms with Gasteiger partial charge >= 0.3 is 5.97 Å². The van der Waals surface area contributed by atoms with Crippen molar-refractivity contribution in [2.24, 2.45) is 5.92 Å². The standard InChI is InChI=1S/C11H19NO5S/c1-2-5-18(16,17)7-10(13)12-9-4-3-8(6-9)11(14)15/h8-9H,2-7H2,1H3,(H,12,13)(H,14,15)/t8-,9+/m1/s1. The van der Waals surface area contributed by atoms with E-state index in [2.05, 4.69) is 5.32 Å². The summed E-state index contributed by atoms with van der Waals surface area (Å²) in [6.45, 7) is 1.74. The van der Waals surface area contributed by atoms with Crippen molar-refractivity contribution in [1.29, 1.82) is 0 Å². The van der Waals surface area contributed by atoms with Crippen LogP contribution in [0.5, 0.6) is 0 Å². The molecule has 1 rings (SSSR count). The number of rotatable bonds is 6. The number of aliphatic carboxylic acids is 1. The van der Waals surface area contributed by atoms with Gasteiger partial charge in [-0.05, 0) is 25.7 Å². The second-order valence-corrected chi connectivity index (χ2v) is 6.89. The predicted octanol–water partition coefficient (Wildman–Crippen LogP) is 0.181. The average molecular weight is 277 g/mol. The molecule has 0 radical (unpaired) electrons. The van der Waals surface area contributed by atoms with Crippen molar-refractivity contribution in [3.8, 4) is 0 Å². The summed E-state index contributed by atoms with van der Waals surface area (Å²) in [4.78, 5) is 22.3. The van der Waals surface area contributed by atoms with Gasteiger partial charge in [0.25, 0.3) is 0 Å². The van der Waals surface area contributed by atoms with Gasteiger partial charge in [0.1, 0.15) is 5.75 Å². The highest BCUT2D eigenvalue weighted by atomic mass is 32.2. The normalized spacial score (nSPS) is 23.8. The van der Waals surface area contributed by atoms with Crippen LogP contribution in [-0.2, 0) is 19.4 Å². The van der Waals surface area contributed by atoms with Crippen LogP contribution in [0.4, 0.5) is 0 Å². The van der Waals surface area contributed by atoms with Crippen LogP contribution in [0.3, 0.4) is 0 Å². The Morgan fingerprint density at radius 1 is 1.33 bits per heavy atom. The van der Waals surface area contributed by atoms with Crippen LogP contribution in [0, 0.1) is 5.92 Å². The van der Waals surface area contributed by atoms with E-state index >= 15 is 0 Å². The molecule has 0 unspecified atom stereocenters. The van der Waals surface area contributed by atoms with Crippen LogP contribution in [0.2, 0.25) is 0 Å². The summed E-state index contributed by atoms with van der Waals surface area (Å²) in [5.41, 5.74) is 0. The van der Waals surface area contributed by atoms with E-state index in [0.717, 1.165) is 0 Å². The van der Waals surface area contributed by atoms with E-state index in [1.54, 1.807) is 6.92 Å². The molecule has 1 aliphatic carbocycles. The third-order valence-corrected chi connectivity index (χ3v) is 4.75. The summed E-state index contributed by atoms with van der Waals surface area (Å²) in [5.74, 6) is -2.31. The molecule has 2 atom stereocenters. The quantitative estimate of drug-likeness (QED) is 0.721. The van der Waals surface area contributed by atoms with Gasteiger partial charge in [-0.15, -0.1) is 0 Å². The molecule has 1 aliphatic rings. The van der Waals surface area contributed by atoms with E-state index in [9.17, 15) is 18.0 Å². The van der Waals surface area contributed by atoms with Gasteiger partial charge in [0, 0.05) is 6.04 Å². The molecule has 1 amide bonds. The van der Waals surface area contributed by atoms with Crippen LogP contribution in [-0.4, -0.2) is 42.9 Å². The Labute approximate surface area is 107 Å². The highest BCUT2D eigenvalue weighted by Crippen LogP contribution is 2.25. The van der Waals surface area contributed by atoms with Gasteiger partial charge in [-0.2, -0.15) is 0 Å². The molecule has 0 spiro atoms. The summed E-state index contributed by atoms with van der Waals surface area (Å²) < 4.78 is 22.9. The maximum atomic E-state index is 11.5. The van der Waals surface area contributed by atoms with Gasteiger partial charge in [-0.3, -0.25) is 9.59 Å². The molecule has 104 valence electrons. The van der Waals surface area contributed by atoms with E-state index < -0.39 is 33.4 Å². The Morgan fingerprint density at radius 2 is 2.00 bits per heavy atom. The van der Waals surface area contributed by atoms with Gasteiger partial charge in [0.15, 0.2) is 9.84 Å². The summed E-state index contributed by atoms with van der Waals surface area (Å²) in [7, 11) is -3.33. The maximum absolute atomic E-state index is 11.5. The van der Waals surface area contributed by atoms with E-state index in [1.807, 2.05) is 0 Å². The molecule has 0 aromatic carbocycles. The van der Waals surface area contributed by atoms with E-state index in [1.165, 1.54) is 0 Å². The molecule has 1 fully saturated rings. The Kier molecular flexibility index (Phi) is 5.13. The summed E-state index contributed by atoms with van der Waals surface area (Å²) >= 11 is 0.